The molecule has 2 rings (SSSR count). The summed E-state index contributed by atoms with van der Waals surface area (Å²) < 4.78 is 40.0. The van der Waals surface area contributed by atoms with Crippen LogP contribution in [0.2, 0.25) is 0 Å². The van der Waals surface area contributed by atoms with Crippen LogP contribution in [0, 0.1) is 0 Å². The van der Waals surface area contributed by atoms with Gasteiger partial charge in [-0.25, -0.2) is 5.01 Å². The molecule has 1 aliphatic rings. The number of nitrogens with zero attached hydrogens (tertiary/aromatic N) is 1. The first kappa shape index (κ1) is 16.8. The maximum Gasteiger partial charge on any atom is 0.409 e. The number of carbonyl (C=O) groups is 1. The Kier molecular flexibility index (Phi) is 5.45. The summed E-state index contributed by atoms with van der Waals surface area (Å²) in [6, 6.07) is 4.75. The number of carbonyl (C=O) groups excluding carboxylic acids is 1. The lowest BCUT2D eigenvalue weighted by Crippen LogP contribution is -2.43. The Hall–Kier alpha value is -1.56. The van der Waals surface area contributed by atoms with Gasteiger partial charge >= 0.3 is 6.18 Å². The number of amides is 1. The third kappa shape index (κ3) is 4.22. The van der Waals surface area contributed by atoms with Gasteiger partial charge in [-0.15, -0.1) is 0 Å². The summed E-state index contributed by atoms with van der Waals surface area (Å²) in [5, 5.41) is 0.981. The number of hydrazine groups is 1. The third-order valence-electron chi connectivity index (χ3n) is 3.83. The molecule has 1 heterocycles. The number of alkyl halides is 3. The van der Waals surface area contributed by atoms with E-state index in [2.05, 4.69) is 12.3 Å². The number of benzene rings is 1. The molecule has 1 aliphatic heterocycles. The van der Waals surface area contributed by atoms with E-state index in [1.54, 1.807) is 12.1 Å². The van der Waals surface area contributed by atoms with Crippen LogP contribution in [-0.4, -0.2) is 23.6 Å². The van der Waals surface area contributed by atoms with Gasteiger partial charge in [-0.05, 0) is 24.0 Å². The summed E-state index contributed by atoms with van der Waals surface area (Å²) in [5.41, 5.74) is 3.50. The van der Waals surface area contributed by atoms with Gasteiger partial charge in [-0.1, -0.05) is 44.0 Å². The van der Waals surface area contributed by atoms with Crippen molar-refractivity contribution in [2.24, 2.45) is 0 Å². The van der Waals surface area contributed by atoms with Crippen molar-refractivity contribution >= 4 is 5.91 Å². The van der Waals surface area contributed by atoms with Gasteiger partial charge in [-0.2, -0.15) is 13.2 Å². The molecule has 1 aromatic carbocycles. The van der Waals surface area contributed by atoms with Gasteiger partial charge in [0.1, 0.15) is 6.04 Å². The van der Waals surface area contributed by atoms with Crippen LogP contribution in [0.4, 0.5) is 13.2 Å². The Morgan fingerprint density at radius 2 is 1.91 bits per heavy atom. The van der Waals surface area contributed by atoms with Crippen LogP contribution < -0.4 is 5.43 Å². The summed E-state index contributed by atoms with van der Waals surface area (Å²) in [6.07, 6.45) is -0.176. The molecule has 0 spiro atoms. The van der Waals surface area contributed by atoms with Crippen molar-refractivity contribution in [2.45, 2.75) is 51.2 Å². The van der Waals surface area contributed by atoms with Crippen LogP contribution in [-0.2, 0) is 11.2 Å². The topological polar surface area (TPSA) is 32.3 Å². The largest absolute Gasteiger partial charge is 0.409 e. The highest BCUT2D eigenvalue weighted by Crippen LogP contribution is 2.37. The molecule has 1 N–H and O–H groups in total. The van der Waals surface area contributed by atoms with Gasteiger partial charge in [0.25, 0.3) is 0 Å². The normalized spacial score (nSPS) is 17.5. The predicted molar refractivity (Wildman–Crippen MR) is 77.9 cm³/mol. The maximum absolute atomic E-state index is 13.3. The molecule has 0 radical (unpaired) electrons. The summed E-state index contributed by atoms with van der Waals surface area (Å²) in [4.78, 5) is 11.2. The summed E-state index contributed by atoms with van der Waals surface area (Å²) in [7, 11) is 0. The van der Waals surface area contributed by atoms with Crippen LogP contribution >= 0.6 is 0 Å². The number of aryl methyl sites for hydroxylation is 1. The first-order valence-electron chi connectivity index (χ1n) is 7.63. The average molecular weight is 314 g/mol. The fourth-order valence-corrected chi connectivity index (χ4v) is 2.68. The van der Waals surface area contributed by atoms with Crippen molar-refractivity contribution in [1.82, 2.24) is 10.4 Å². The summed E-state index contributed by atoms with van der Waals surface area (Å²) in [5.74, 6) is -0.370. The monoisotopic (exact) mass is 314 g/mol. The molecule has 122 valence electrons. The quantitative estimate of drug-likeness (QED) is 0.811. The van der Waals surface area contributed by atoms with E-state index in [-0.39, 0.29) is 24.4 Å². The maximum atomic E-state index is 13.3. The summed E-state index contributed by atoms with van der Waals surface area (Å²) >= 11 is 0. The average Bonchev–Trinajstić information content (AvgIpc) is 2.86. The van der Waals surface area contributed by atoms with Crippen LogP contribution in [0.15, 0.2) is 24.3 Å². The molecule has 1 atom stereocenters. The number of halogens is 3. The molecular formula is C16H21F3N2O. The highest BCUT2D eigenvalue weighted by Gasteiger charge is 2.46. The number of unbranched alkanes of at least 4 members (excludes halogenated alkanes) is 2. The zero-order valence-corrected chi connectivity index (χ0v) is 12.6. The standard InChI is InChI=1S/C16H21F3N2O/c1-2-3-4-5-12-6-8-13(9-7-12)15(16(17,18)19)21-11-10-14(22)20-21/h6-9,15H,2-5,10-11H2,1H3,(H,20,22)/t15-/m0/s1. The zero-order valence-electron chi connectivity index (χ0n) is 12.6. The zero-order chi connectivity index (χ0) is 16.2. The Labute approximate surface area is 128 Å². The van der Waals surface area contributed by atoms with Gasteiger partial charge in [0, 0.05) is 13.0 Å². The van der Waals surface area contributed by atoms with Crippen molar-refractivity contribution in [2.75, 3.05) is 6.54 Å². The SMILES string of the molecule is CCCCCc1ccc([C@H](N2CCC(=O)N2)C(F)(F)F)cc1. The second kappa shape index (κ2) is 7.13. The van der Waals surface area contributed by atoms with E-state index in [0.717, 1.165) is 36.3 Å². The molecule has 0 aliphatic carbocycles. The number of nitrogens with one attached hydrogen (secondary N) is 1. The minimum atomic E-state index is -4.43. The molecule has 0 aromatic heterocycles. The van der Waals surface area contributed by atoms with E-state index < -0.39 is 12.2 Å². The van der Waals surface area contributed by atoms with E-state index in [4.69, 9.17) is 0 Å². The first-order chi connectivity index (χ1) is 10.4. The lowest BCUT2D eigenvalue weighted by Gasteiger charge is -2.29. The number of hydrogen-bond donors (Lipinski definition) is 1. The molecule has 1 fully saturated rings. The van der Waals surface area contributed by atoms with E-state index in [9.17, 15) is 18.0 Å². The van der Waals surface area contributed by atoms with Gasteiger partial charge in [0.15, 0.2) is 0 Å². The molecule has 3 nitrogen and oxygen atoms in total. The van der Waals surface area contributed by atoms with E-state index in [1.165, 1.54) is 12.1 Å². The van der Waals surface area contributed by atoms with Crippen molar-refractivity contribution in [3.8, 4) is 0 Å². The number of hydrogen-bond acceptors (Lipinski definition) is 2. The van der Waals surface area contributed by atoms with Crippen molar-refractivity contribution in [1.29, 1.82) is 0 Å². The van der Waals surface area contributed by atoms with Crippen molar-refractivity contribution in [3.05, 3.63) is 35.4 Å². The second-order valence-corrected chi connectivity index (χ2v) is 5.62. The molecule has 0 unspecified atom stereocenters. The fourth-order valence-electron chi connectivity index (χ4n) is 2.68. The fraction of sp³-hybridized carbons (Fsp3) is 0.562. The van der Waals surface area contributed by atoms with Crippen LogP contribution in [0.5, 0.6) is 0 Å². The Balaban J connectivity index is 2.12. The molecule has 0 bridgehead atoms. The van der Waals surface area contributed by atoms with Gasteiger partial charge in [0.05, 0.1) is 0 Å². The Morgan fingerprint density at radius 1 is 1.23 bits per heavy atom. The highest BCUT2D eigenvalue weighted by atomic mass is 19.4. The molecule has 1 saturated heterocycles. The van der Waals surface area contributed by atoms with Crippen molar-refractivity contribution < 1.29 is 18.0 Å². The first-order valence-corrected chi connectivity index (χ1v) is 7.63. The van der Waals surface area contributed by atoms with Crippen molar-refractivity contribution in [3.63, 3.8) is 0 Å². The van der Waals surface area contributed by atoms with E-state index >= 15 is 0 Å². The van der Waals surface area contributed by atoms with Gasteiger partial charge < -0.3 is 0 Å². The van der Waals surface area contributed by atoms with Crippen LogP contribution in [0.1, 0.15) is 49.8 Å². The van der Waals surface area contributed by atoms with Crippen LogP contribution in [0.25, 0.3) is 0 Å². The minimum absolute atomic E-state index is 0.0707. The predicted octanol–water partition coefficient (Wildman–Crippen LogP) is 3.76. The molecule has 6 heteroatoms. The molecule has 1 amide bonds. The van der Waals surface area contributed by atoms with E-state index in [0.29, 0.717) is 0 Å². The van der Waals surface area contributed by atoms with Crippen LogP contribution in [0.3, 0.4) is 0 Å². The molecule has 22 heavy (non-hydrogen) atoms. The smallest absolute Gasteiger partial charge is 0.288 e. The second-order valence-electron chi connectivity index (χ2n) is 5.62. The lowest BCUT2D eigenvalue weighted by molar-refractivity contribution is -0.191. The molecule has 1 aromatic rings. The summed E-state index contributed by atoms with van der Waals surface area (Å²) in [6.45, 7) is 2.18. The molecular weight excluding hydrogens is 293 g/mol. The highest BCUT2D eigenvalue weighted by molar-refractivity contribution is 5.77. The Morgan fingerprint density at radius 3 is 2.41 bits per heavy atom. The lowest BCUT2D eigenvalue weighted by atomic mass is 10.0. The van der Waals surface area contributed by atoms with E-state index in [1.807, 2.05) is 0 Å². The minimum Gasteiger partial charge on any atom is -0.288 e. The Bertz CT molecular complexity index is 499. The molecule has 0 saturated carbocycles. The number of rotatable bonds is 6. The van der Waals surface area contributed by atoms with Gasteiger partial charge in [0.2, 0.25) is 5.91 Å². The third-order valence-corrected chi connectivity index (χ3v) is 3.83. The van der Waals surface area contributed by atoms with Gasteiger partial charge in [-0.3, -0.25) is 10.2 Å².